The van der Waals surface area contributed by atoms with Crippen LogP contribution in [0.1, 0.15) is 23.7 Å². The second-order valence-electron chi connectivity index (χ2n) is 3.69. The fraction of sp³-hybridized carbons (Fsp3) is 0.455. The summed E-state index contributed by atoms with van der Waals surface area (Å²) in [6.07, 6.45) is 1.44. The summed E-state index contributed by atoms with van der Waals surface area (Å²) in [7, 11) is 0. The van der Waals surface area contributed by atoms with Crippen LogP contribution in [0.5, 0.6) is 5.75 Å². The minimum Gasteiger partial charge on any atom is -0.492 e. The van der Waals surface area contributed by atoms with Crippen LogP contribution in [0.15, 0.2) is 16.6 Å². The molecule has 1 aliphatic rings. The van der Waals surface area contributed by atoms with E-state index in [4.69, 9.17) is 10.5 Å². The van der Waals surface area contributed by atoms with Crippen molar-refractivity contribution in [3.63, 3.8) is 0 Å². The number of aliphatic hydroxyl groups excluding tert-OH is 1. The van der Waals surface area contributed by atoms with Gasteiger partial charge in [-0.2, -0.15) is 0 Å². The second kappa shape index (κ2) is 4.51. The lowest BCUT2D eigenvalue weighted by Gasteiger charge is -2.20. The molecule has 0 bridgehead atoms. The van der Waals surface area contributed by atoms with Gasteiger partial charge >= 0.3 is 0 Å². The molecule has 0 amide bonds. The number of nitrogens with two attached hydrogens (primary N) is 1. The Labute approximate surface area is 97.4 Å². The van der Waals surface area contributed by atoms with E-state index in [-0.39, 0.29) is 6.54 Å². The quantitative estimate of drug-likeness (QED) is 0.862. The van der Waals surface area contributed by atoms with Crippen molar-refractivity contribution >= 4 is 15.9 Å². The summed E-state index contributed by atoms with van der Waals surface area (Å²) >= 11 is 3.45. The summed E-state index contributed by atoms with van der Waals surface area (Å²) in [6.45, 7) is 1.01. The standard InChI is InChI=1S/C11H14BrNO2/c12-9-5-8(10(14)6-13)4-7-2-1-3-15-11(7)9/h4-5,10,14H,1-3,6,13H2. The molecule has 0 spiro atoms. The molecule has 0 aromatic heterocycles. The molecule has 15 heavy (non-hydrogen) atoms. The largest absolute Gasteiger partial charge is 0.492 e. The summed E-state index contributed by atoms with van der Waals surface area (Å²) in [5, 5.41) is 9.67. The highest BCUT2D eigenvalue weighted by molar-refractivity contribution is 9.10. The number of hydrogen-bond donors (Lipinski definition) is 2. The Bertz CT molecular complexity index is 368. The third-order valence-electron chi connectivity index (χ3n) is 2.59. The van der Waals surface area contributed by atoms with E-state index in [0.717, 1.165) is 40.8 Å². The van der Waals surface area contributed by atoms with Gasteiger partial charge in [0.25, 0.3) is 0 Å². The van der Waals surface area contributed by atoms with Gasteiger partial charge < -0.3 is 15.6 Å². The average molecular weight is 272 g/mol. The van der Waals surface area contributed by atoms with Gasteiger partial charge in [0.05, 0.1) is 17.2 Å². The highest BCUT2D eigenvalue weighted by atomic mass is 79.9. The van der Waals surface area contributed by atoms with Crippen molar-refractivity contribution in [1.82, 2.24) is 0 Å². The van der Waals surface area contributed by atoms with Gasteiger partial charge in [-0.05, 0) is 52.0 Å². The molecule has 1 aromatic carbocycles. The molecule has 0 radical (unpaired) electrons. The van der Waals surface area contributed by atoms with Crippen LogP contribution in [-0.2, 0) is 6.42 Å². The summed E-state index contributed by atoms with van der Waals surface area (Å²) in [5.41, 5.74) is 7.44. The second-order valence-corrected chi connectivity index (χ2v) is 4.55. The Balaban J connectivity index is 2.40. The number of aryl methyl sites for hydroxylation is 1. The summed E-state index contributed by atoms with van der Waals surface area (Å²) in [6, 6.07) is 3.86. The molecule has 0 fully saturated rings. The molecule has 1 heterocycles. The molecule has 82 valence electrons. The van der Waals surface area contributed by atoms with Gasteiger partial charge in [0.15, 0.2) is 0 Å². The van der Waals surface area contributed by atoms with Gasteiger partial charge in [-0.15, -0.1) is 0 Å². The number of aliphatic hydroxyl groups is 1. The van der Waals surface area contributed by atoms with Gasteiger partial charge in [-0.25, -0.2) is 0 Å². The van der Waals surface area contributed by atoms with Crippen molar-refractivity contribution in [3.05, 3.63) is 27.7 Å². The molecule has 1 aromatic rings. The molecule has 1 unspecified atom stereocenters. The maximum Gasteiger partial charge on any atom is 0.136 e. The predicted molar refractivity (Wildman–Crippen MR) is 62.0 cm³/mol. The first-order valence-corrected chi connectivity index (χ1v) is 5.85. The lowest BCUT2D eigenvalue weighted by molar-refractivity contribution is 0.186. The van der Waals surface area contributed by atoms with Crippen LogP contribution in [0.25, 0.3) is 0 Å². The molecule has 0 aliphatic carbocycles. The highest BCUT2D eigenvalue weighted by Gasteiger charge is 2.17. The Kier molecular flexibility index (Phi) is 3.29. The zero-order valence-corrected chi connectivity index (χ0v) is 9.96. The van der Waals surface area contributed by atoms with E-state index in [1.54, 1.807) is 0 Å². The molecule has 4 heteroatoms. The van der Waals surface area contributed by atoms with Gasteiger partial charge in [0.2, 0.25) is 0 Å². The van der Waals surface area contributed by atoms with E-state index in [0.29, 0.717) is 0 Å². The number of ether oxygens (including phenoxy) is 1. The van der Waals surface area contributed by atoms with Gasteiger partial charge in [-0.1, -0.05) is 0 Å². The van der Waals surface area contributed by atoms with Crippen LogP contribution >= 0.6 is 15.9 Å². The van der Waals surface area contributed by atoms with Crippen molar-refractivity contribution in [2.75, 3.05) is 13.2 Å². The zero-order chi connectivity index (χ0) is 10.8. The van der Waals surface area contributed by atoms with Crippen LogP contribution in [0.3, 0.4) is 0 Å². The van der Waals surface area contributed by atoms with Crippen LogP contribution in [0.4, 0.5) is 0 Å². The molecular weight excluding hydrogens is 258 g/mol. The Hall–Kier alpha value is -0.580. The van der Waals surface area contributed by atoms with Crippen LogP contribution in [0, 0.1) is 0 Å². The average Bonchev–Trinajstić information content (AvgIpc) is 2.28. The molecule has 0 saturated heterocycles. The van der Waals surface area contributed by atoms with Crippen LogP contribution in [0.2, 0.25) is 0 Å². The smallest absolute Gasteiger partial charge is 0.136 e. The fourth-order valence-electron chi connectivity index (χ4n) is 1.79. The number of hydrogen-bond acceptors (Lipinski definition) is 3. The Morgan fingerprint density at radius 3 is 3.07 bits per heavy atom. The first kappa shape index (κ1) is 10.9. The van der Waals surface area contributed by atoms with Crippen molar-refractivity contribution in [3.8, 4) is 5.75 Å². The molecule has 1 atom stereocenters. The first-order chi connectivity index (χ1) is 7.22. The van der Waals surface area contributed by atoms with Gasteiger partial charge in [0, 0.05) is 6.54 Å². The van der Waals surface area contributed by atoms with Gasteiger partial charge in [0.1, 0.15) is 5.75 Å². The lowest BCUT2D eigenvalue weighted by Crippen LogP contribution is -2.14. The number of benzene rings is 1. The SMILES string of the molecule is NCC(O)c1cc(Br)c2c(c1)CCCO2. The molecule has 3 nitrogen and oxygen atoms in total. The number of fused-ring (bicyclic) bond motifs is 1. The van der Waals surface area contributed by atoms with Crippen molar-refractivity contribution in [2.24, 2.45) is 5.73 Å². The summed E-state index contributed by atoms with van der Waals surface area (Å²) < 4.78 is 6.47. The molecule has 0 saturated carbocycles. The summed E-state index contributed by atoms with van der Waals surface area (Å²) in [5.74, 6) is 0.911. The molecule has 2 rings (SSSR count). The van der Waals surface area contributed by atoms with E-state index >= 15 is 0 Å². The predicted octanol–water partition coefficient (Wildman–Crippen LogP) is 1.77. The maximum absolute atomic E-state index is 9.67. The topological polar surface area (TPSA) is 55.5 Å². The molecular formula is C11H14BrNO2. The molecule has 3 N–H and O–H groups in total. The highest BCUT2D eigenvalue weighted by Crippen LogP contribution is 2.35. The molecule has 1 aliphatic heterocycles. The minimum absolute atomic E-state index is 0.242. The van der Waals surface area contributed by atoms with Crippen molar-refractivity contribution < 1.29 is 9.84 Å². The van der Waals surface area contributed by atoms with Crippen molar-refractivity contribution in [2.45, 2.75) is 18.9 Å². The fourth-order valence-corrected chi connectivity index (χ4v) is 2.42. The van der Waals surface area contributed by atoms with E-state index in [1.165, 1.54) is 0 Å². The van der Waals surface area contributed by atoms with E-state index in [2.05, 4.69) is 15.9 Å². The van der Waals surface area contributed by atoms with Crippen molar-refractivity contribution in [1.29, 1.82) is 0 Å². The number of halogens is 1. The zero-order valence-electron chi connectivity index (χ0n) is 8.37. The van der Waals surface area contributed by atoms with E-state index in [1.807, 2.05) is 12.1 Å². The monoisotopic (exact) mass is 271 g/mol. The maximum atomic E-state index is 9.67. The van der Waals surface area contributed by atoms with Gasteiger partial charge in [-0.3, -0.25) is 0 Å². The third kappa shape index (κ3) is 2.17. The van der Waals surface area contributed by atoms with E-state index < -0.39 is 6.10 Å². The first-order valence-electron chi connectivity index (χ1n) is 5.05. The van der Waals surface area contributed by atoms with Crippen LogP contribution < -0.4 is 10.5 Å². The van der Waals surface area contributed by atoms with E-state index in [9.17, 15) is 5.11 Å². The number of rotatable bonds is 2. The third-order valence-corrected chi connectivity index (χ3v) is 3.18. The Morgan fingerprint density at radius 2 is 2.33 bits per heavy atom. The minimum atomic E-state index is -0.589. The summed E-state index contributed by atoms with van der Waals surface area (Å²) in [4.78, 5) is 0. The lowest BCUT2D eigenvalue weighted by atomic mass is 10.0. The Morgan fingerprint density at radius 1 is 1.53 bits per heavy atom. The van der Waals surface area contributed by atoms with Crippen LogP contribution in [-0.4, -0.2) is 18.3 Å². The normalized spacial score (nSPS) is 16.7.